The van der Waals surface area contributed by atoms with E-state index < -0.39 is 6.03 Å². The van der Waals surface area contributed by atoms with Gasteiger partial charge in [-0.25, -0.2) is 14.8 Å². The Kier molecular flexibility index (Phi) is 6.19. The monoisotopic (exact) mass is 532 g/mol. The Morgan fingerprint density at radius 3 is 2.50 bits per heavy atom. The predicted molar refractivity (Wildman–Crippen MR) is 160 cm³/mol. The summed E-state index contributed by atoms with van der Waals surface area (Å²) in [5.74, 6) is 2.15. The number of fused-ring (bicyclic) bond motifs is 2. The molecule has 2 aromatic heterocycles. The average Bonchev–Trinajstić information content (AvgIpc) is 3.52. The van der Waals surface area contributed by atoms with Gasteiger partial charge in [-0.15, -0.1) is 0 Å². The van der Waals surface area contributed by atoms with Crippen LogP contribution >= 0.6 is 0 Å². The van der Waals surface area contributed by atoms with Gasteiger partial charge in [0.05, 0.1) is 34.9 Å². The van der Waals surface area contributed by atoms with Gasteiger partial charge in [0.2, 0.25) is 5.95 Å². The van der Waals surface area contributed by atoms with E-state index in [0.717, 1.165) is 56.3 Å². The van der Waals surface area contributed by atoms with Gasteiger partial charge in [0, 0.05) is 42.8 Å². The largest absolute Gasteiger partial charge is 0.497 e. The van der Waals surface area contributed by atoms with Crippen molar-refractivity contribution in [2.45, 2.75) is 0 Å². The molecule has 0 unspecified atom stereocenters. The van der Waals surface area contributed by atoms with Gasteiger partial charge in [0.15, 0.2) is 0 Å². The molecular weight excluding hydrogens is 504 g/mol. The lowest BCUT2D eigenvalue weighted by molar-refractivity contribution is 0.259. The van der Waals surface area contributed by atoms with Crippen molar-refractivity contribution in [2.24, 2.45) is 5.73 Å². The second-order valence-electron chi connectivity index (χ2n) is 9.55. The fourth-order valence-corrected chi connectivity index (χ4v) is 4.69. The molecule has 0 fully saturated rings. The van der Waals surface area contributed by atoms with E-state index in [1.54, 1.807) is 7.11 Å². The first-order chi connectivity index (χ1) is 19.4. The van der Waals surface area contributed by atoms with Crippen LogP contribution in [0, 0.1) is 0 Å². The lowest BCUT2D eigenvalue weighted by Gasteiger charge is -2.14. The average molecular weight is 533 g/mol. The van der Waals surface area contributed by atoms with Gasteiger partial charge in [-0.3, -0.25) is 4.57 Å². The fourth-order valence-electron chi connectivity index (χ4n) is 4.69. The standard InChI is InChI=1S/C30H28N8O2/c1-37(2)21-10-7-18(8-11-21)28-34-26-16-20(32-29(31)39)9-14-27(26)38(28)22-12-13-24-25(17-22)36-30(35-24)33-19-5-4-6-23(15-19)40-3/h4-17H,1-3H3,(H3,31,32,39)(H2,33,35,36). The molecule has 0 bridgehead atoms. The van der Waals surface area contributed by atoms with Crippen LogP contribution in [0.3, 0.4) is 0 Å². The van der Waals surface area contributed by atoms with Crippen LogP contribution in [-0.4, -0.2) is 46.8 Å². The second-order valence-corrected chi connectivity index (χ2v) is 9.55. The molecule has 2 amide bonds. The first kappa shape index (κ1) is 24.8. The van der Waals surface area contributed by atoms with Crippen molar-refractivity contribution in [3.63, 3.8) is 0 Å². The number of methoxy groups -OCH3 is 1. The summed E-state index contributed by atoms with van der Waals surface area (Å²) in [4.78, 5) is 26.6. The predicted octanol–water partition coefficient (Wildman–Crippen LogP) is 5.88. The minimum atomic E-state index is -0.624. The lowest BCUT2D eigenvalue weighted by atomic mass is 10.1. The molecule has 0 atom stereocenters. The van der Waals surface area contributed by atoms with Crippen molar-refractivity contribution in [1.82, 2.24) is 19.5 Å². The van der Waals surface area contributed by atoms with Crippen LogP contribution in [0.2, 0.25) is 0 Å². The van der Waals surface area contributed by atoms with E-state index in [2.05, 4.69) is 49.4 Å². The number of imidazole rings is 2. The number of amides is 2. The summed E-state index contributed by atoms with van der Waals surface area (Å²) in [6, 6.07) is 26.9. The van der Waals surface area contributed by atoms with Gasteiger partial charge in [0.1, 0.15) is 11.6 Å². The molecule has 2 heterocycles. The number of carbonyl (C=O) groups excluding carboxylic acids is 1. The zero-order valence-electron chi connectivity index (χ0n) is 22.3. The van der Waals surface area contributed by atoms with Gasteiger partial charge < -0.3 is 31.0 Å². The number of benzene rings is 4. The summed E-state index contributed by atoms with van der Waals surface area (Å²) in [6.45, 7) is 0. The highest BCUT2D eigenvalue weighted by Crippen LogP contribution is 2.32. The molecule has 0 aliphatic carbocycles. The van der Waals surface area contributed by atoms with E-state index in [-0.39, 0.29) is 0 Å². The minimum Gasteiger partial charge on any atom is -0.497 e. The molecule has 0 aliphatic rings. The Balaban J connectivity index is 1.45. The first-order valence-corrected chi connectivity index (χ1v) is 12.7. The van der Waals surface area contributed by atoms with Gasteiger partial charge in [-0.2, -0.15) is 0 Å². The third kappa shape index (κ3) is 4.73. The van der Waals surface area contributed by atoms with E-state index in [9.17, 15) is 4.79 Å². The highest BCUT2D eigenvalue weighted by atomic mass is 16.5. The van der Waals surface area contributed by atoms with Crippen molar-refractivity contribution >= 4 is 51.1 Å². The van der Waals surface area contributed by atoms with Crippen molar-refractivity contribution in [3.05, 3.63) is 84.9 Å². The second kappa shape index (κ2) is 9.99. The Morgan fingerprint density at radius 2 is 1.75 bits per heavy atom. The van der Waals surface area contributed by atoms with Crippen molar-refractivity contribution < 1.29 is 9.53 Å². The number of hydrogen-bond acceptors (Lipinski definition) is 6. The molecule has 6 aromatic rings. The summed E-state index contributed by atoms with van der Waals surface area (Å²) in [6.07, 6.45) is 0. The highest BCUT2D eigenvalue weighted by molar-refractivity contribution is 5.93. The number of carbonyl (C=O) groups is 1. The number of H-pyrrole nitrogens is 1. The van der Waals surface area contributed by atoms with Crippen LogP contribution in [0.4, 0.5) is 27.8 Å². The SMILES string of the molecule is COc1cccc(Nc2nc3cc(-n4c(-c5ccc(N(C)C)cc5)nc5cc(NC(N)=O)ccc54)ccc3[nH]2)c1. The maximum absolute atomic E-state index is 11.4. The molecule has 10 nitrogen and oxygen atoms in total. The summed E-state index contributed by atoms with van der Waals surface area (Å²) in [5, 5.41) is 5.95. The van der Waals surface area contributed by atoms with Crippen LogP contribution in [0.15, 0.2) is 84.9 Å². The van der Waals surface area contributed by atoms with Crippen LogP contribution in [0.5, 0.6) is 5.75 Å². The number of rotatable bonds is 7. The molecule has 200 valence electrons. The minimum absolute atomic E-state index is 0.579. The van der Waals surface area contributed by atoms with Crippen LogP contribution < -0.4 is 26.0 Å². The number of aromatic nitrogens is 4. The Hall–Kier alpha value is -5.51. The maximum Gasteiger partial charge on any atom is 0.316 e. The number of urea groups is 1. The molecule has 6 rings (SSSR count). The number of primary amides is 1. The molecule has 0 saturated heterocycles. The molecule has 0 aliphatic heterocycles. The lowest BCUT2D eigenvalue weighted by Crippen LogP contribution is -2.19. The number of hydrogen-bond donors (Lipinski definition) is 4. The zero-order valence-corrected chi connectivity index (χ0v) is 22.3. The topological polar surface area (TPSA) is 126 Å². The summed E-state index contributed by atoms with van der Waals surface area (Å²) in [5.41, 5.74) is 13.0. The highest BCUT2D eigenvalue weighted by Gasteiger charge is 2.17. The molecule has 10 heteroatoms. The normalized spacial score (nSPS) is 11.1. The Bertz CT molecular complexity index is 1850. The summed E-state index contributed by atoms with van der Waals surface area (Å²) < 4.78 is 7.42. The number of nitrogens with zero attached hydrogens (tertiary/aromatic N) is 4. The number of ether oxygens (including phenoxy) is 1. The molecule has 0 spiro atoms. The van der Waals surface area contributed by atoms with Crippen molar-refractivity contribution in [3.8, 4) is 22.8 Å². The number of nitrogens with two attached hydrogens (primary N) is 1. The summed E-state index contributed by atoms with van der Waals surface area (Å²) >= 11 is 0. The number of nitrogens with one attached hydrogen (secondary N) is 3. The van der Waals surface area contributed by atoms with Crippen LogP contribution in [0.1, 0.15) is 0 Å². The van der Waals surface area contributed by atoms with Crippen molar-refractivity contribution in [2.75, 3.05) is 36.7 Å². The molecule has 0 radical (unpaired) electrons. The van der Waals surface area contributed by atoms with Gasteiger partial charge in [-0.1, -0.05) is 6.07 Å². The van der Waals surface area contributed by atoms with E-state index in [0.29, 0.717) is 11.6 Å². The molecule has 0 saturated carbocycles. The molecule has 5 N–H and O–H groups in total. The third-order valence-electron chi connectivity index (χ3n) is 6.62. The molecular formula is C30H28N8O2. The van der Waals surface area contributed by atoms with E-state index >= 15 is 0 Å². The quantitative estimate of drug-likeness (QED) is 0.203. The van der Waals surface area contributed by atoms with E-state index in [1.807, 2.05) is 74.8 Å². The molecule has 4 aromatic carbocycles. The smallest absolute Gasteiger partial charge is 0.316 e. The van der Waals surface area contributed by atoms with Crippen LogP contribution in [0.25, 0.3) is 39.1 Å². The van der Waals surface area contributed by atoms with Crippen LogP contribution in [-0.2, 0) is 0 Å². The fraction of sp³-hybridized carbons (Fsp3) is 0.100. The van der Waals surface area contributed by atoms with Crippen molar-refractivity contribution in [1.29, 1.82) is 0 Å². The Labute approximate surface area is 230 Å². The summed E-state index contributed by atoms with van der Waals surface area (Å²) in [7, 11) is 5.66. The number of anilines is 4. The zero-order chi connectivity index (χ0) is 27.8. The van der Waals surface area contributed by atoms with E-state index in [1.165, 1.54) is 0 Å². The molecule has 40 heavy (non-hydrogen) atoms. The Morgan fingerprint density at radius 1 is 0.925 bits per heavy atom. The van der Waals surface area contributed by atoms with Gasteiger partial charge >= 0.3 is 6.03 Å². The number of aromatic amines is 1. The van der Waals surface area contributed by atoms with Gasteiger partial charge in [-0.05, 0) is 72.8 Å². The first-order valence-electron chi connectivity index (χ1n) is 12.7. The third-order valence-corrected chi connectivity index (χ3v) is 6.62. The van der Waals surface area contributed by atoms with Gasteiger partial charge in [0.25, 0.3) is 0 Å². The maximum atomic E-state index is 11.4. The van der Waals surface area contributed by atoms with E-state index in [4.69, 9.17) is 20.4 Å².